The number of hydrogen-bond donors (Lipinski definition) is 0. The highest BCUT2D eigenvalue weighted by molar-refractivity contribution is 5.66. The Morgan fingerprint density at radius 3 is 2.15 bits per heavy atom. The summed E-state index contributed by atoms with van der Waals surface area (Å²) in [5.74, 6) is -4.18. The minimum absolute atomic E-state index is 0.0376. The second-order valence-electron chi connectivity index (χ2n) is 9.02. The predicted octanol–water partition coefficient (Wildman–Crippen LogP) is 9.11. The lowest BCUT2D eigenvalue weighted by atomic mass is 9.76. The first-order valence-corrected chi connectivity index (χ1v) is 12.2. The molecule has 33 heavy (non-hydrogen) atoms. The molecule has 0 aliphatic heterocycles. The van der Waals surface area contributed by atoms with Gasteiger partial charge in [0.15, 0.2) is 23.2 Å². The second-order valence-corrected chi connectivity index (χ2v) is 9.02. The molecule has 3 rings (SSSR count). The fraction of sp³-hybridized carbons (Fsp3) is 0.500. The van der Waals surface area contributed by atoms with E-state index >= 15 is 4.39 Å². The molecule has 0 heterocycles. The topological polar surface area (TPSA) is 9.23 Å². The van der Waals surface area contributed by atoms with Gasteiger partial charge in [-0.2, -0.15) is 4.39 Å². The van der Waals surface area contributed by atoms with Crippen LogP contribution < -0.4 is 4.74 Å². The third kappa shape index (κ3) is 6.18. The highest BCUT2D eigenvalue weighted by Gasteiger charge is 2.27. The van der Waals surface area contributed by atoms with E-state index in [1.54, 1.807) is 19.1 Å². The van der Waals surface area contributed by atoms with Gasteiger partial charge in [-0.05, 0) is 62.1 Å². The smallest absolute Gasteiger partial charge is 0.201 e. The van der Waals surface area contributed by atoms with Crippen LogP contribution in [0.3, 0.4) is 0 Å². The molecule has 0 N–H and O–H groups in total. The molecule has 0 saturated heterocycles. The zero-order valence-electron chi connectivity index (χ0n) is 19.6. The predicted molar refractivity (Wildman–Crippen MR) is 125 cm³/mol. The molecule has 0 radical (unpaired) electrons. The van der Waals surface area contributed by atoms with Crippen LogP contribution >= 0.6 is 0 Å². The van der Waals surface area contributed by atoms with Gasteiger partial charge in [0.1, 0.15) is 6.61 Å². The van der Waals surface area contributed by atoms with E-state index in [2.05, 4.69) is 6.92 Å². The number of unbranched alkanes of at least 4 members (excludes halogenated alkanes) is 3. The number of benzene rings is 2. The lowest BCUT2D eigenvalue weighted by Crippen LogP contribution is -2.15. The van der Waals surface area contributed by atoms with Gasteiger partial charge in [0.25, 0.3) is 0 Å². The van der Waals surface area contributed by atoms with Crippen LogP contribution in [0.25, 0.3) is 11.1 Å². The highest BCUT2D eigenvalue weighted by atomic mass is 19.2. The Balaban J connectivity index is 1.72. The normalized spacial score (nSPS) is 18.7. The van der Waals surface area contributed by atoms with Crippen LogP contribution in [0, 0.1) is 29.2 Å². The molecular weight excluding hydrogens is 428 g/mol. The van der Waals surface area contributed by atoms with E-state index in [0.29, 0.717) is 11.5 Å². The fourth-order valence-corrected chi connectivity index (χ4v) is 4.79. The molecule has 1 fully saturated rings. The first-order valence-electron chi connectivity index (χ1n) is 12.2. The molecule has 0 spiro atoms. The van der Waals surface area contributed by atoms with Gasteiger partial charge in [-0.25, -0.2) is 13.2 Å². The van der Waals surface area contributed by atoms with Crippen LogP contribution in [0.1, 0.15) is 83.1 Å². The van der Waals surface area contributed by atoms with Gasteiger partial charge < -0.3 is 4.74 Å². The lowest BCUT2D eigenvalue weighted by Gasteiger charge is -2.29. The summed E-state index contributed by atoms with van der Waals surface area (Å²) in [4.78, 5) is 0. The van der Waals surface area contributed by atoms with Crippen molar-refractivity contribution >= 4 is 0 Å². The van der Waals surface area contributed by atoms with Gasteiger partial charge in [0.05, 0.1) is 0 Å². The molecule has 0 amide bonds. The van der Waals surface area contributed by atoms with Crippen LogP contribution in [0.5, 0.6) is 5.75 Å². The average Bonchev–Trinajstić information content (AvgIpc) is 2.82. The molecule has 1 aliphatic carbocycles. The second kappa shape index (κ2) is 12.2. The quantitative estimate of drug-likeness (QED) is 0.194. The molecule has 0 aromatic heterocycles. The van der Waals surface area contributed by atoms with Crippen LogP contribution in [-0.2, 0) is 0 Å². The van der Waals surface area contributed by atoms with Crippen molar-refractivity contribution in [3.05, 3.63) is 65.2 Å². The zero-order valence-corrected chi connectivity index (χ0v) is 19.6. The molecule has 1 nitrogen and oxygen atoms in total. The van der Waals surface area contributed by atoms with Crippen molar-refractivity contribution in [2.45, 2.75) is 77.6 Å². The molecule has 1 saturated carbocycles. The van der Waals surface area contributed by atoms with E-state index in [1.165, 1.54) is 56.4 Å². The lowest BCUT2D eigenvalue weighted by molar-refractivity contribution is 0.297. The largest absolute Gasteiger partial charge is 0.486 e. The van der Waals surface area contributed by atoms with Gasteiger partial charge in [0, 0.05) is 11.1 Å². The number of hydrogen-bond acceptors (Lipinski definition) is 1. The Hall–Kier alpha value is -2.30. The van der Waals surface area contributed by atoms with Crippen molar-refractivity contribution in [1.82, 2.24) is 0 Å². The summed E-state index contributed by atoms with van der Waals surface area (Å²) < 4.78 is 64.2. The number of rotatable bonds is 10. The summed E-state index contributed by atoms with van der Waals surface area (Å²) in [6.07, 6.45) is 13.3. The maximum Gasteiger partial charge on any atom is 0.201 e. The van der Waals surface area contributed by atoms with Gasteiger partial charge in [-0.15, -0.1) is 0 Å². The monoisotopic (exact) mass is 462 g/mol. The standard InChI is InChI=1S/C28H34F4O/c1-3-5-7-8-9-19-10-12-20(13-11-19)21-14-15-22(26(30)25(21)29)23-16-17-24(28(32)27(23)31)33-18-6-4-2/h4,6,14-17,19-20H,3,5,7-13,18H2,1-2H3/b6-4+. The fourth-order valence-electron chi connectivity index (χ4n) is 4.79. The number of ether oxygens (including phenoxy) is 1. The zero-order chi connectivity index (χ0) is 23.8. The van der Waals surface area contributed by atoms with E-state index < -0.39 is 23.3 Å². The van der Waals surface area contributed by atoms with E-state index in [0.717, 1.165) is 25.7 Å². The van der Waals surface area contributed by atoms with Gasteiger partial charge in [0.2, 0.25) is 5.82 Å². The molecule has 180 valence electrons. The van der Waals surface area contributed by atoms with E-state index in [-0.39, 0.29) is 29.4 Å². The van der Waals surface area contributed by atoms with E-state index in [1.807, 2.05) is 0 Å². The third-order valence-electron chi connectivity index (χ3n) is 6.77. The van der Waals surface area contributed by atoms with Crippen molar-refractivity contribution in [1.29, 1.82) is 0 Å². The molecule has 2 aromatic rings. The summed E-state index contributed by atoms with van der Waals surface area (Å²) in [5, 5.41) is 0. The molecular formula is C28H34F4O. The van der Waals surface area contributed by atoms with E-state index in [9.17, 15) is 13.2 Å². The van der Waals surface area contributed by atoms with Crippen LogP contribution in [0.15, 0.2) is 36.4 Å². The molecule has 0 atom stereocenters. The SMILES string of the molecule is C/C=C/COc1ccc(-c2ccc(C3CCC(CCCCCC)CC3)c(F)c2F)c(F)c1F. The summed E-state index contributed by atoms with van der Waals surface area (Å²) in [6.45, 7) is 4.07. The van der Waals surface area contributed by atoms with Crippen molar-refractivity contribution in [3.8, 4) is 16.9 Å². The minimum Gasteiger partial charge on any atom is -0.486 e. The van der Waals surface area contributed by atoms with Crippen LogP contribution in [0.2, 0.25) is 0 Å². The minimum atomic E-state index is -1.25. The van der Waals surface area contributed by atoms with Crippen molar-refractivity contribution in [3.63, 3.8) is 0 Å². The van der Waals surface area contributed by atoms with E-state index in [4.69, 9.17) is 4.74 Å². The summed E-state index contributed by atoms with van der Waals surface area (Å²) >= 11 is 0. The summed E-state index contributed by atoms with van der Waals surface area (Å²) in [5.41, 5.74) is -0.255. The Morgan fingerprint density at radius 1 is 0.818 bits per heavy atom. The first kappa shape index (κ1) is 25.3. The van der Waals surface area contributed by atoms with Crippen molar-refractivity contribution in [2.75, 3.05) is 6.61 Å². The van der Waals surface area contributed by atoms with Crippen LogP contribution in [0.4, 0.5) is 17.6 Å². The van der Waals surface area contributed by atoms with Gasteiger partial charge in [-0.1, -0.05) is 63.3 Å². The Bertz CT molecular complexity index is 945. The summed E-state index contributed by atoms with van der Waals surface area (Å²) in [6, 6.07) is 5.37. The Morgan fingerprint density at radius 2 is 1.48 bits per heavy atom. The van der Waals surface area contributed by atoms with Crippen molar-refractivity contribution in [2.24, 2.45) is 5.92 Å². The molecule has 5 heteroatoms. The Kier molecular flexibility index (Phi) is 9.40. The average molecular weight is 463 g/mol. The summed E-state index contributed by atoms with van der Waals surface area (Å²) in [7, 11) is 0. The molecule has 1 aliphatic rings. The maximum atomic E-state index is 15.0. The molecule has 0 bridgehead atoms. The van der Waals surface area contributed by atoms with Crippen LogP contribution in [-0.4, -0.2) is 6.61 Å². The highest BCUT2D eigenvalue weighted by Crippen LogP contribution is 2.41. The number of halogens is 4. The molecule has 0 unspecified atom stereocenters. The Labute approximate surface area is 194 Å². The number of allylic oxidation sites excluding steroid dienone is 1. The first-order chi connectivity index (χ1) is 16.0. The maximum absolute atomic E-state index is 15.0. The van der Waals surface area contributed by atoms with Gasteiger partial charge >= 0.3 is 0 Å². The molecule has 2 aromatic carbocycles. The van der Waals surface area contributed by atoms with Gasteiger partial charge in [-0.3, -0.25) is 0 Å². The third-order valence-corrected chi connectivity index (χ3v) is 6.77. The van der Waals surface area contributed by atoms with Crippen molar-refractivity contribution < 1.29 is 22.3 Å².